The number of halogens is 1. The zero-order chi connectivity index (χ0) is 15.2. The van der Waals surface area contributed by atoms with E-state index in [2.05, 4.69) is 0 Å². The van der Waals surface area contributed by atoms with Crippen molar-refractivity contribution in [3.05, 3.63) is 29.3 Å². The van der Waals surface area contributed by atoms with Crippen molar-refractivity contribution >= 4 is 23.5 Å². The third-order valence-corrected chi connectivity index (χ3v) is 3.83. The van der Waals surface area contributed by atoms with Gasteiger partial charge in [-0.1, -0.05) is 23.7 Å². The van der Waals surface area contributed by atoms with E-state index in [9.17, 15) is 9.59 Å². The first-order chi connectivity index (χ1) is 10.1. The van der Waals surface area contributed by atoms with Crippen molar-refractivity contribution in [2.24, 2.45) is 0 Å². The highest BCUT2D eigenvalue weighted by molar-refractivity contribution is 6.32. The van der Waals surface area contributed by atoms with Crippen LogP contribution in [-0.2, 0) is 9.59 Å². The van der Waals surface area contributed by atoms with Gasteiger partial charge in [0.2, 0.25) is 5.91 Å². The molecular weight excluding hydrogens is 294 g/mol. The van der Waals surface area contributed by atoms with Gasteiger partial charge in [-0.25, -0.2) is 4.79 Å². The molecule has 1 aromatic carbocycles. The number of amides is 1. The van der Waals surface area contributed by atoms with E-state index in [-0.39, 0.29) is 18.9 Å². The summed E-state index contributed by atoms with van der Waals surface area (Å²) < 4.78 is 5.47. The lowest BCUT2D eigenvalue weighted by Gasteiger charge is -2.33. The van der Waals surface area contributed by atoms with Crippen molar-refractivity contribution in [3.63, 3.8) is 0 Å². The summed E-state index contributed by atoms with van der Waals surface area (Å²) in [5, 5.41) is 9.65. The monoisotopic (exact) mass is 311 g/mol. The number of hydrogen-bond acceptors (Lipinski definition) is 3. The number of hydrogen-bond donors (Lipinski definition) is 1. The number of carboxylic acids is 1. The van der Waals surface area contributed by atoms with Crippen LogP contribution in [0.4, 0.5) is 0 Å². The molecule has 6 heteroatoms. The fourth-order valence-corrected chi connectivity index (χ4v) is 2.63. The van der Waals surface area contributed by atoms with Gasteiger partial charge in [0.05, 0.1) is 18.1 Å². The van der Waals surface area contributed by atoms with E-state index in [4.69, 9.17) is 21.4 Å². The smallest absolute Gasteiger partial charge is 0.326 e. The van der Waals surface area contributed by atoms with Crippen LogP contribution >= 0.6 is 11.6 Å². The molecule has 2 rings (SSSR count). The maximum Gasteiger partial charge on any atom is 0.326 e. The van der Waals surface area contributed by atoms with E-state index in [1.165, 1.54) is 4.90 Å². The number of para-hydroxylation sites is 1. The fraction of sp³-hybridized carbons (Fsp3) is 0.467. The number of benzene rings is 1. The maximum atomic E-state index is 12.1. The molecule has 0 saturated carbocycles. The Hall–Kier alpha value is -1.75. The summed E-state index contributed by atoms with van der Waals surface area (Å²) in [5.74, 6) is -0.593. The average Bonchev–Trinajstić information content (AvgIpc) is 2.49. The van der Waals surface area contributed by atoms with Gasteiger partial charge in [-0.3, -0.25) is 4.79 Å². The molecule has 0 radical (unpaired) electrons. The molecule has 1 amide bonds. The van der Waals surface area contributed by atoms with E-state index in [1.54, 1.807) is 24.3 Å². The third kappa shape index (κ3) is 4.11. The van der Waals surface area contributed by atoms with Crippen LogP contribution in [0.5, 0.6) is 5.75 Å². The molecule has 1 aliphatic heterocycles. The van der Waals surface area contributed by atoms with E-state index >= 15 is 0 Å². The van der Waals surface area contributed by atoms with Crippen molar-refractivity contribution < 1.29 is 19.4 Å². The van der Waals surface area contributed by atoms with E-state index < -0.39 is 12.0 Å². The second-order valence-corrected chi connectivity index (χ2v) is 5.37. The predicted octanol–water partition coefficient (Wildman–Crippen LogP) is 2.57. The zero-order valence-electron chi connectivity index (χ0n) is 11.6. The van der Waals surface area contributed by atoms with Crippen LogP contribution in [0.15, 0.2) is 24.3 Å². The SMILES string of the molecule is O=C(O)[C@@H]1CCCCN1C(=O)CCOc1ccccc1Cl. The minimum absolute atomic E-state index is 0.148. The van der Waals surface area contributed by atoms with Crippen LogP contribution in [-0.4, -0.2) is 41.1 Å². The van der Waals surface area contributed by atoms with Crippen molar-refractivity contribution in [2.45, 2.75) is 31.7 Å². The quantitative estimate of drug-likeness (QED) is 0.907. The summed E-state index contributed by atoms with van der Waals surface area (Å²) >= 11 is 5.95. The average molecular weight is 312 g/mol. The number of nitrogens with zero attached hydrogens (tertiary/aromatic N) is 1. The number of rotatable bonds is 5. The Kier molecular flexibility index (Phi) is 5.44. The first kappa shape index (κ1) is 15.6. The number of likely N-dealkylation sites (tertiary alicyclic amines) is 1. The molecule has 1 aliphatic rings. The molecule has 21 heavy (non-hydrogen) atoms. The fourth-order valence-electron chi connectivity index (χ4n) is 2.44. The minimum atomic E-state index is -0.935. The lowest BCUT2D eigenvalue weighted by atomic mass is 10.0. The van der Waals surface area contributed by atoms with Gasteiger partial charge in [0.15, 0.2) is 0 Å². The summed E-state index contributed by atoms with van der Waals surface area (Å²) in [6, 6.07) is 6.34. The lowest BCUT2D eigenvalue weighted by Crippen LogP contribution is -2.48. The Morgan fingerprint density at radius 1 is 1.33 bits per heavy atom. The molecule has 0 aliphatic carbocycles. The van der Waals surface area contributed by atoms with Crippen molar-refractivity contribution in [2.75, 3.05) is 13.2 Å². The molecule has 0 unspecified atom stereocenters. The Morgan fingerprint density at radius 2 is 2.10 bits per heavy atom. The second-order valence-electron chi connectivity index (χ2n) is 4.97. The van der Waals surface area contributed by atoms with Gasteiger partial charge in [-0.15, -0.1) is 0 Å². The molecule has 0 aromatic heterocycles. The number of carbonyl (C=O) groups is 2. The number of carboxylic acid groups (broad SMARTS) is 1. The van der Waals surface area contributed by atoms with Crippen LogP contribution in [0.3, 0.4) is 0 Å². The maximum absolute atomic E-state index is 12.1. The third-order valence-electron chi connectivity index (χ3n) is 3.52. The molecule has 114 valence electrons. The molecular formula is C15H18ClNO4. The van der Waals surface area contributed by atoms with Crippen molar-refractivity contribution in [1.29, 1.82) is 0 Å². The molecule has 0 bridgehead atoms. The molecule has 1 aromatic rings. The Labute approximate surface area is 128 Å². The normalized spacial score (nSPS) is 18.3. The topological polar surface area (TPSA) is 66.8 Å². The molecule has 1 fully saturated rings. The minimum Gasteiger partial charge on any atom is -0.491 e. The number of piperidine rings is 1. The largest absolute Gasteiger partial charge is 0.491 e. The molecule has 1 atom stereocenters. The summed E-state index contributed by atoms with van der Waals surface area (Å²) in [4.78, 5) is 24.8. The van der Waals surface area contributed by atoms with Crippen LogP contribution in [0.1, 0.15) is 25.7 Å². The molecule has 1 heterocycles. The van der Waals surface area contributed by atoms with Crippen LogP contribution in [0.25, 0.3) is 0 Å². The summed E-state index contributed by atoms with van der Waals surface area (Å²) in [5.41, 5.74) is 0. The van der Waals surface area contributed by atoms with Crippen LogP contribution in [0.2, 0.25) is 5.02 Å². The molecule has 1 N–H and O–H groups in total. The Bertz CT molecular complexity index is 520. The number of aliphatic carboxylic acids is 1. The Morgan fingerprint density at radius 3 is 2.81 bits per heavy atom. The van der Waals surface area contributed by atoms with Gasteiger partial charge in [-0.2, -0.15) is 0 Å². The van der Waals surface area contributed by atoms with Gasteiger partial charge < -0.3 is 14.7 Å². The zero-order valence-corrected chi connectivity index (χ0v) is 12.4. The van der Waals surface area contributed by atoms with Crippen LogP contribution < -0.4 is 4.74 Å². The highest BCUT2D eigenvalue weighted by Crippen LogP contribution is 2.23. The highest BCUT2D eigenvalue weighted by atomic mass is 35.5. The van der Waals surface area contributed by atoms with Gasteiger partial charge in [-0.05, 0) is 31.4 Å². The highest BCUT2D eigenvalue weighted by Gasteiger charge is 2.31. The van der Waals surface area contributed by atoms with E-state index in [1.807, 2.05) is 0 Å². The van der Waals surface area contributed by atoms with Gasteiger partial charge >= 0.3 is 5.97 Å². The van der Waals surface area contributed by atoms with E-state index in [0.717, 1.165) is 12.8 Å². The first-order valence-electron chi connectivity index (χ1n) is 6.99. The Balaban J connectivity index is 1.86. The number of carbonyl (C=O) groups excluding carboxylic acids is 1. The first-order valence-corrected chi connectivity index (χ1v) is 7.37. The van der Waals surface area contributed by atoms with Gasteiger partial charge in [0, 0.05) is 6.54 Å². The molecule has 1 saturated heterocycles. The molecule has 0 spiro atoms. The van der Waals surface area contributed by atoms with Crippen molar-refractivity contribution in [1.82, 2.24) is 4.90 Å². The van der Waals surface area contributed by atoms with Gasteiger partial charge in [0.25, 0.3) is 0 Å². The molecule has 5 nitrogen and oxygen atoms in total. The van der Waals surface area contributed by atoms with E-state index in [0.29, 0.717) is 23.7 Å². The summed E-state index contributed by atoms with van der Waals surface area (Å²) in [6.07, 6.45) is 2.36. The van der Waals surface area contributed by atoms with Crippen molar-refractivity contribution in [3.8, 4) is 5.75 Å². The van der Waals surface area contributed by atoms with Crippen LogP contribution in [0, 0.1) is 0 Å². The van der Waals surface area contributed by atoms with Gasteiger partial charge in [0.1, 0.15) is 11.8 Å². The standard InChI is InChI=1S/C15H18ClNO4/c16-11-5-1-2-7-13(11)21-10-8-14(18)17-9-4-3-6-12(17)15(19)20/h1-2,5,7,12H,3-4,6,8-10H2,(H,19,20)/t12-/m0/s1. The lowest BCUT2D eigenvalue weighted by molar-refractivity contribution is -0.152. The number of ether oxygens (including phenoxy) is 1. The predicted molar refractivity (Wildman–Crippen MR) is 78.6 cm³/mol. The summed E-state index contributed by atoms with van der Waals surface area (Å²) in [7, 11) is 0. The second kappa shape index (κ2) is 7.31. The summed E-state index contributed by atoms with van der Waals surface area (Å²) in [6.45, 7) is 0.688.